The average Bonchev–Trinajstić information content (AvgIpc) is 2.62. The lowest BCUT2D eigenvalue weighted by atomic mass is 10.2. The van der Waals surface area contributed by atoms with Gasteiger partial charge >= 0.3 is 6.09 Å². The molecule has 0 spiro atoms. The minimum Gasteiger partial charge on any atom is -0.435 e. The predicted molar refractivity (Wildman–Crippen MR) is 72.2 cm³/mol. The van der Waals surface area contributed by atoms with Gasteiger partial charge in [-0.15, -0.1) is 0 Å². The zero-order valence-corrected chi connectivity index (χ0v) is 11.3. The van der Waals surface area contributed by atoms with E-state index in [1.807, 2.05) is 6.26 Å². The number of hydrogen-bond acceptors (Lipinski definition) is 4. The lowest BCUT2D eigenvalue weighted by molar-refractivity contribution is -0.121. The van der Waals surface area contributed by atoms with Crippen molar-refractivity contribution in [2.45, 2.75) is 12.5 Å². The third kappa shape index (κ3) is 2.62. The van der Waals surface area contributed by atoms with Crippen molar-refractivity contribution >= 4 is 41.1 Å². The molecule has 6 heteroatoms. The Hall–Kier alpha value is -1.20. The van der Waals surface area contributed by atoms with Crippen molar-refractivity contribution in [2.75, 3.05) is 16.9 Å². The summed E-state index contributed by atoms with van der Waals surface area (Å²) < 4.78 is 5.06. The minimum atomic E-state index is -0.677. The highest BCUT2D eigenvalue weighted by molar-refractivity contribution is 7.98. The van der Waals surface area contributed by atoms with E-state index in [0.29, 0.717) is 17.1 Å². The van der Waals surface area contributed by atoms with Crippen LogP contribution in [-0.2, 0) is 9.53 Å². The number of halogens is 1. The summed E-state index contributed by atoms with van der Waals surface area (Å²) in [6.45, 7) is 0. The Bertz CT molecular complexity index is 480. The normalized spacial score (nSPS) is 19.2. The molecule has 0 radical (unpaired) electrons. The first-order valence-electron chi connectivity index (χ1n) is 5.42. The molecule has 1 aromatic carbocycles. The smallest absolute Gasteiger partial charge is 0.422 e. The van der Waals surface area contributed by atoms with Gasteiger partial charge in [-0.2, -0.15) is 11.8 Å². The summed E-state index contributed by atoms with van der Waals surface area (Å²) in [6.07, 6.45) is 1.16. The number of thioether (sulfide) groups is 1. The number of rotatable bonds is 4. The zero-order chi connectivity index (χ0) is 13.1. The number of carbonyl (C=O) groups is 2. The topological polar surface area (TPSA) is 46.6 Å². The van der Waals surface area contributed by atoms with Gasteiger partial charge in [0.05, 0.1) is 5.69 Å². The lowest BCUT2D eigenvalue weighted by Gasteiger charge is -2.11. The van der Waals surface area contributed by atoms with E-state index >= 15 is 0 Å². The van der Waals surface area contributed by atoms with Gasteiger partial charge in [-0.1, -0.05) is 17.7 Å². The van der Waals surface area contributed by atoms with E-state index in [-0.39, 0.29) is 5.91 Å². The van der Waals surface area contributed by atoms with Crippen LogP contribution in [0.4, 0.5) is 10.5 Å². The van der Waals surface area contributed by atoms with Crippen molar-refractivity contribution in [2.24, 2.45) is 0 Å². The van der Waals surface area contributed by atoms with Gasteiger partial charge in [-0.3, -0.25) is 4.79 Å². The molecule has 1 aromatic rings. The van der Waals surface area contributed by atoms with Crippen molar-refractivity contribution in [1.29, 1.82) is 0 Å². The second kappa shape index (κ2) is 5.63. The van der Waals surface area contributed by atoms with E-state index in [1.54, 1.807) is 36.0 Å². The molecule has 18 heavy (non-hydrogen) atoms. The molecular formula is C12H12ClNO3S. The van der Waals surface area contributed by atoms with E-state index in [2.05, 4.69) is 0 Å². The quantitative estimate of drug-likeness (QED) is 0.853. The molecule has 2 rings (SSSR count). The summed E-state index contributed by atoms with van der Waals surface area (Å²) >= 11 is 7.45. The molecule has 1 fully saturated rings. The molecule has 1 atom stereocenters. The molecule has 4 nitrogen and oxygen atoms in total. The van der Waals surface area contributed by atoms with Crippen LogP contribution in [-0.4, -0.2) is 30.1 Å². The number of anilines is 1. The van der Waals surface area contributed by atoms with Crippen LogP contribution in [0.5, 0.6) is 0 Å². The van der Waals surface area contributed by atoms with Gasteiger partial charge in [0.15, 0.2) is 6.10 Å². The largest absolute Gasteiger partial charge is 0.435 e. The van der Waals surface area contributed by atoms with Gasteiger partial charge in [0.2, 0.25) is 0 Å². The monoisotopic (exact) mass is 285 g/mol. The number of cyclic esters (lactones) is 1. The van der Waals surface area contributed by atoms with Crippen molar-refractivity contribution < 1.29 is 14.3 Å². The summed E-state index contributed by atoms with van der Waals surface area (Å²) in [5.74, 6) is 0.448. The molecule has 0 saturated carbocycles. The van der Waals surface area contributed by atoms with Crippen molar-refractivity contribution in [1.82, 2.24) is 0 Å². The van der Waals surface area contributed by atoms with E-state index in [1.165, 1.54) is 0 Å². The van der Waals surface area contributed by atoms with E-state index in [9.17, 15) is 9.59 Å². The van der Waals surface area contributed by atoms with Gasteiger partial charge in [0.1, 0.15) is 0 Å². The SMILES string of the molecule is CSCCC1OC(=O)N(c2cccc(Cl)c2)C1=O. The van der Waals surface area contributed by atoms with Crippen molar-refractivity contribution in [3.8, 4) is 0 Å². The third-order valence-electron chi connectivity index (χ3n) is 2.57. The molecule has 1 unspecified atom stereocenters. The van der Waals surface area contributed by atoms with Gasteiger partial charge in [-0.25, -0.2) is 9.69 Å². The summed E-state index contributed by atoms with van der Waals surface area (Å²) in [5, 5.41) is 0.473. The van der Waals surface area contributed by atoms with Crippen molar-refractivity contribution in [3.05, 3.63) is 29.3 Å². The molecule has 96 valence electrons. The predicted octanol–water partition coefficient (Wildman–Crippen LogP) is 2.94. The molecule has 0 aliphatic carbocycles. The molecule has 1 aliphatic heterocycles. The Morgan fingerprint density at radius 2 is 2.22 bits per heavy atom. The first-order chi connectivity index (χ1) is 8.63. The number of imide groups is 1. The number of carbonyl (C=O) groups excluding carboxylic acids is 2. The van der Waals surface area contributed by atoms with E-state index < -0.39 is 12.2 Å². The van der Waals surface area contributed by atoms with Crippen LogP contribution in [0.3, 0.4) is 0 Å². The maximum Gasteiger partial charge on any atom is 0.422 e. The molecular weight excluding hydrogens is 274 g/mol. The number of nitrogens with zero attached hydrogens (tertiary/aromatic N) is 1. The van der Waals surface area contributed by atoms with Crippen LogP contribution in [0.2, 0.25) is 5.02 Å². The number of amides is 2. The van der Waals surface area contributed by atoms with Crippen molar-refractivity contribution in [3.63, 3.8) is 0 Å². The van der Waals surface area contributed by atoms with E-state index in [0.717, 1.165) is 10.7 Å². The fourth-order valence-corrected chi connectivity index (χ4v) is 2.35. The molecule has 1 saturated heterocycles. The maximum atomic E-state index is 12.1. The Kier molecular flexibility index (Phi) is 4.14. The standard InChI is InChI=1S/C12H12ClNO3S/c1-18-6-5-10-11(15)14(12(16)17-10)9-4-2-3-8(13)7-9/h2-4,7,10H,5-6H2,1H3. The molecule has 0 bridgehead atoms. The first-order valence-corrected chi connectivity index (χ1v) is 7.19. The Morgan fingerprint density at radius 1 is 1.44 bits per heavy atom. The molecule has 1 heterocycles. The number of ether oxygens (including phenoxy) is 1. The average molecular weight is 286 g/mol. The van der Waals surface area contributed by atoms with Gasteiger partial charge in [0.25, 0.3) is 5.91 Å². The minimum absolute atomic E-state index is 0.323. The summed E-state index contributed by atoms with van der Waals surface area (Å²) in [4.78, 5) is 24.8. The van der Waals surface area contributed by atoms with Crippen LogP contribution in [0.15, 0.2) is 24.3 Å². The second-order valence-electron chi connectivity index (χ2n) is 3.81. The molecule has 0 aromatic heterocycles. The van der Waals surface area contributed by atoms with Crippen LogP contribution in [0.1, 0.15) is 6.42 Å². The van der Waals surface area contributed by atoms with Crippen LogP contribution < -0.4 is 4.90 Å². The summed E-state index contributed by atoms with van der Waals surface area (Å²) in [6, 6.07) is 6.59. The Morgan fingerprint density at radius 3 is 2.89 bits per heavy atom. The molecule has 1 aliphatic rings. The number of hydrogen-bond donors (Lipinski definition) is 0. The first kappa shape index (κ1) is 13.2. The summed E-state index contributed by atoms with van der Waals surface area (Å²) in [5.41, 5.74) is 0.448. The third-order valence-corrected chi connectivity index (χ3v) is 3.45. The van der Waals surface area contributed by atoms with Crippen LogP contribution in [0.25, 0.3) is 0 Å². The van der Waals surface area contributed by atoms with Gasteiger partial charge < -0.3 is 4.74 Å². The fraction of sp³-hybridized carbons (Fsp3) is 0.333. The number of benzene rings is 1. The maximum absolute atomic E-state index is 12.1. The molecule has 2 amide bonds. The van der Waals surface area contributed by atoms with Crippen LogP contribution >= 0.6 is 23.4 Å². The van der Waals surface area contributed by atoms with E-state index in [4.69, 9.17) is 16.3 Å². The lowest BCUT2D eigenvalue weighted by Crippen LogP contribution is -2.31. The Balaban J connectivity index is 2.19. The van der Waals surface area contributed by atoms with Crippen LogP contribution in [0, 0.1) is 0 Å². The highest BCUT2D eigenvalue weighted by atomic mass is 35.5. The summed E-state index contributed by atoms with van der Waals surface area (Å²) in [7, 11) is 0. The molecule has 0 N–H and O–H groups in total. The zero-order valence-electron chi connectivity index (χ0n) is 9.76. The highest BCUT2D eigenvalue weighted by Crippen LogP contribution is 2.26. The highest BCUT2D eigenvalue weighted by Gasteiger charge is 2.41. The Labute approximate surface area is 114 Å². The fourth-order valence-electron chi connectivity index (χ4n) is 1.71. The second-order valence-corrected chi connectivity index (χ2v) is 5.23. The van der Waals surface area contributed by atoms with Gasteiger partial charge in [0, 0.05) is 11.4 Å². The van der Waals surface area contributed by atoms with Gasteiger partial charge in [-0.05, 0) is 30.2 Å².